The van der Waals surface area contributed by atoms with E-state index in [2.05, 4.69) is 4.98 Å². The highest BCUT2D eigenvalue weighted by molar-refractivity contribution is 7.86. The molecule has 0 aliphatic rings. The van der Waals surface area contributed by atoms with Crippen molar-refractivity contribution in [2.24, 2.45) is 0 Å². The minimum atomic E-state index is -4.20. The van der Waals surface area contributed by atoms with Crippen LogP contribution in [-0.4, -0.2) is 18.0 Å². The van der Waals surface area contributed by atoms with Gasteiger partial charge in [-0.3, -0.25) is 9.54 Å². The molecule has 0 fully saturated rings. The lowest BCUT2D eigenvalue weighted by Gasteiger charge is -2.06. The number of nitrogens with two attached hydrogens (primary N) is 1. The quantitative estimate of drug-likeness (QED) is 0.622. The Morgan fingerprint density at radius 3 is 2.20 bits per heavy atom. The summed E-state index contributed by atoms with van der Waals surface area (Å²) >= 11 is 0. The van der Waals surface area contributed by atoms with Gasteiger partial charge in [-0.15, -0.1) is 0 Å². The van der Waals surface area contributed by atoms with Crippen molar-refractivity contribution in [2.45, 2.75) is 25.7 Å². The highest BCUT2D eigenvalue weighted by atomic mass is 32.2. The Hall–Kier alpha value is -1.92. The van der Waals surface area contributed by atoms with Crippen LogP contribution in [0, 0.1) is 20.8 Å². The van der Waals surface area contributed by atoms with Gasteiger partial charge in [-0.05, 0) is 50.1 Å². The number of nitrogens with zero attached hydrogens (tertiary/aromatic N) is 1. The second-order valence-corrected chi connectivity index (χ2v) is 5.83. The number of benzene rings is 1. The van der Waals surface area contributed by atoms with E-state index in [9.17, 15) is 8.42 Å². The molecule has 1 aromatic carbocycles. The first kappa shape index (κ1) is 16.1. The first-order valence-corrected chi connectivity index (χ1v) is 7.37. The van der Waals surface area contributed by atoms with Gasteiger partial charge in [0.05, 0.1) is 5.69 Å². The number of anilines is 1. The van der Waals surface area contributed by atoms with Crippen LogP contribution in [0.1, 0.15) is 16.8 Å². The summed E-state index contributed by atoms with van der Waals surface area (Å²) in [6, 6.07) is 8.96. The summed E-state index contributed by atoms with van der Waals surface area (Å²) in [6.45, 7) is 5.40. The number of aromatic nitrogens is 1. The summed E-state index contributed by atoms with van der Waals surface area (Å²) in [6.07, 6.45) is 1.79. The summed E-state index contributed by atoms with van der Waals surface area (Å²) in [5.41, 5.74) is 8.07. The molecule has 5 nitrogen and oxygen atoms in total. The molecule has 0 radical (unpaired) electrons. The van der Waals surface area contributed by atoms with Crippen molar-refractivity contribution in [2.75, 3.05) is 5.73 Å². The van der Waals surface area contributed by atoms with Gasteiger partial charge in [0.1, 0.15) is 4.90 Å². The molecule has 0 bridgehead atoms. The van der Waals surface area contributed by atoms with E-state index < -0.39 is 10.1 Å². The molecule has 0 aliphatic heterocycles. The van der Waals surface area contributed by atoms with Crippen LogP contribution in [-0.2, 0) is 10.1 Å². The monoisotopic (exact) mass is 294 g/mol. The van der Waals surface area contributed by atoms with Crippen molar-refractivity contribution in [1.82, 2.24) is 4.98 Å². The topological polar surface area (TPSA) is 93.3 Å². The lowest BCUT2D eigenvalue weighted by molar-refractivity contribution is 0.483. The summed E-state index contributed by atoms with van der Waals surface area (Å²) in [5, 5.41) is 0. The van der Waals surface area contributed by atoms with E-state index in [1.54, 1.807) is 26.1 Å². The van der Waals surface area contributed by atoms with Gasteiger partial charge in [0.15, 0.2) is 0 Å². The molecule has 3 N–H and O–H groups in total. The van der Waals surface area contributed by atoms with Crippen molar-refractivity contribution in [1.29, 1.82) is 0 Å². The number of pyridine rings is 1. The van der Waals surface area contributed by atoms with Crippen LogP contribution in [0.3, 0.4) is 0 Å². The van der Waals surface area contributed by atoms with E-state index in [4.69, 9.17) is 10.3 Å². The molecule has 0 spiro atoms. The van der Waals surface area contributed by atoms with E-state index >= 15 is 0 Å². The van der Waals surface area contributed by atoms with Gasteiger partial charge in [0, 0.05) is 11.9 Å². The zero-order valence-corrected chi connectivity index (χ0v) is 12.5. The minimum absolute atomic E-state index is 0.105. The molecule has 2 aromatic rings. The second kappa shape index (κ2) is 6.49. The minimum Gasteiger partial charge on any atom is -0.397 e. The molecule has 20 heavy (non-hydrogen) atoms. The largest absolute Gasteiger partial charge is 0.397 e. The predicted molar refractivity (Wildman–Crippen MR) is 79.1 cm³/mol. The number of rotatable bonds is 1. The lowest BCUT2D eigenvalue weighted by Crippen LogP contribution is -2.05. The van der Waals surface area contributed by atoms with Crippen LogP contribution in [0.4, 0.5) is 5.69 Å². The number of nitrogen functional groups attached to an aromatic ring is 1. The van der Waals surface area contributed by atoms with E-state index in [0.29, 0.717) is 5.56 Å². The summed E-state index contributed by atoms with van der Waals surface area (Å²) < 4.78 is 30.5. The smallest absolute Gasteiger partial charge is 0.296 e. The Morgan fingerprint density at radius 1 is 1.15 bits per heavy atom. The van der Waals surface area contributed by atoms with Gasteiger partial charge in [0.25, 0.3) is 10.1 Å². The molecule has 108 valence electrons. The van der Waals surface area contributed by atoms with Crippen LogP contribution >= 0.6 is 0 Å². The molecule has 0 saturated heterocycles. The summed E-state index contributed by atoms with van der Waals surface area (Å²) in [7, 11) is -4.20. The Bertz CT molecular complexity index is 683. The molecule has 0 unspecified atom stereocenters. The van der Waals surface area contributed by atoms with Crippen LogP contribution in [0.2, 0.25) is 0 Å². The van der Waals surface area contributed by atoms with Crippen LogP contribution in [0.15, 0.2) is 41.4 Å². The number of aryl methyl sites for hydroxylation is 3. The van der Waals surface area contributed by atoms with E-state index in [1.807, 2.05) is 25.1 Å². The van der Waals surface area contributed by atoms with Crippen LogP contribution in [0.5, 0.6) is 0 Å². The first-order valence-electron chi connectivity index (χ1n) is 5.93. The van der Waals surface area contributed by atoms with E-state index in [-0.39, 0.29) is 10.6 Å². The molecule has 0 aliphatic carbocycles. The fourth-order valence-electron chi connectivity index (χ4n) is 1.60. The van der Waals surface area contributed by atoms with Crippen molar-refractivity contribution in [3.63, 3.8) is 0 Å². The zero-order valence-electron chi connectivity index (χ0n) is 11.7. The Labute approximate surface area is 119 Å². The standard InChI is InChI=1S/C8H11NO3S.C6H7N/c1-5-3-6(2)8(9)7(4-5)13(10,11)12;1-6-4-2-3-5-7-6/h3-4H,9H2,1-2H3,(H,10,11,12);2-5H,1H3. The fraction of sp³-hybridized carbons (Fsp3) is 0.214. The lowest BCUT2D eigenvalue weighted by atomic mass is 10.1. The maximum Gasteiger partial charge on any atom is 0.296 e. The van der Waals surface area contributed by atoms with Crippen LogP contribution in [0.25, 0.3) is 0 Å². The Morgan fingerprint density at radius 2 is 1.80 bits per heavy atom. The Kier molecular flexibility index (Phi) is 5.24. The van der Waals surface area contributed by atoms with Crippen molar-refractivity contribution in [3.8, 4) is 0 Å². The highest BCUT2D eigenvalue weighted by Crippen LogP contribution is 2.23. The average molecular weight is 294 g/mol. The van der Waals surface area contributed by atoms with E-state index in [1.165, 1.54) is 6.07 Å². The van der Waals surface area contributed by atoms with Crippen molar-refractivity contribution in [3.05, 3.63) is 53.3 Å². The molecule has 1 heterocycles. The third-order valence-corrected chi connectivity index (χ3v) is 3.48. The highest BCUT2D eigenvalue weighted by Gasteiger charge is 2.15. The molecule has 0 saturated carbocycles. The van der Waals surface area contributed by atoms with Crippen molar-refractivity contribution < 1.29 is 13.0 Å². The number of hydrogen-bond acceptors (Lipinski definition) is 4. The molecule has 6 heteroatoms. The van der Waals surface area contributed by atoms with Gasteiger partial charge in [0.2, 0.25) is 0 Å². The predicted octanol–water partition coefficient (Wildman–Crippen LogP) is 2.52. The van der Waals surface area contributed by atoms with Gasteiger partial charge in [-0.25, -0.2) is 0 Å². The molecule has 0 atom stereocenters. The van der Waals surface area contributed by atoms with Gasteiger partial charge >= 0.3 is 0 Å². The maximum atomic E-state index is 10.8. The van der Waals surface area contributed by atoms with Gasteiger partial charge in [-0.2, -0.15) is 8.42 Å². The third kappa shape index (κ3) is 4.64. The van der Waals surface area contributed by atoms with Crippen LogP contribution < -0.4 is 5.73 Å². The molecule has 1 aromatic heterocycles. The van der Waals surface area contributed by atoms with E-state index in [0.717, 1.165) is 11.3 Å². The fourth-order valence-corrected chi connectivity index (χ4v) is 2.38. The molecular formula is C14H18N2O3S. The SMILES string of the molecule is Cc1cc(C)c(N)c(S(=O)(=O)O)c1.Cc1ccccn1. The first-order chi connectivity index (χ1) is 9.21. The molecule has 0 amide bonds. The zero-order chi connectivity index (χ0) is 15.3. The Balaban J connectivity index is 0.000000240. The molecular weight excluding hydrogens is 276 g/mol. The van der Waals surface area contributed by atoms with Crippen molar-refractivity contribution >= 4 is 15.8 Å². The maximum absolute atomic E-state index is 10.8. The number of hydrogen-bond donors (Lipinski definition) is 2. The summed E-state index contributed by atoms with van der Waals surface area (Å²) in [5.74, 6) is 0. The summed E-state index contributed by atoms with van der Waals surface area (Å²) in [4.78, 5) is 3.76. The molecule has 2 rings (SSSR count). The van der Waals surface area contributed by atoms with Gasteiger partial charge in [-0.1, -0.05) is 12.1 Å². The van der Waals surface area contributed by atoms with Gasteiger partial charge < -0.3 is 5.73 Å². The second-order valence-electron chi connectivity index (χ2n) is 4.44. The average Bonchev–Trinajstić information content (AvgIpc) is 2.34. The normalized spacial score (nSPS) is 10.6. The third-order valence-electron chi connectivity index (χ3n) is 2.58.